The van der Waals surface area contributed by atoms with Gasteiger partial charge in [-0.25, -0.2) is 0 Å². The van der Waals surface area contributed by atoms with E-state index in [4.69, 9.17) is 0 Å². The van der Waals surface area contributed by atoms with Gasteiger partial charge in [-0.1, -0.05) is 20.3 Å². The predicted molar refractivity (Wildman–Crippen MR) is 54.7 cm³/mol. The molecule has 1 rings (SSSR count). The highest BCUT2D eigenvalue weighted by Gasteiger charge is 2.20. The molecule has 2 heteroatoms. The van der Waals surface area contributed by atoms with Gasteiger partial charge in [0.25, 0.3) is 0 Å². The Morgan fingerprint density at radius 3 is 2.77 bits per heavy atom. The van der Waals surface area contributed by atoms with Crippen molar-refractivity contribution in [3.05, 3.63) is 0 Å². The number of hydrogen-bond acceptors (Lipinski definition) is 2. The Morgan fingerprint density at radius 1 is 1.54 bits per heavy atom. The van der Waals surface area contributed by atoms with Crippen LogP contribution in [0.15, 0.2) is 0 Å². The third kappa shape index (κ3) is 4.41. The molecule has 0 aromatic rings. The Kier molecular flexibility index (Phi) is 4.43. The minimum Gasteiger partial charge on any atom is -0.314 e. The quantitative estimate of drug-likeness (QED) is 0.655. The van der Waals surface area contributed by atoms with Crippen LogP contribution in [0.5, 0.6) is 0 Å². The molecule has 0 amide bonds. The first-order chi connectivity index (χ1) is 6.24. The second-order valence-corrected chi connectivity index (χ2v) is 4.13. The molecule has 0 saturated heterocycles. The van der Waals surface area contributed by atoms with Gasteiger partial charge >= 0.3 is 0 Å². The molecule has 0 radical (unpaired) electrons. The first-order valence-electron chi connectivity index (χ1n) is 5.50. The molecule has 0 aromatic carbocycles. The van der Waals surface area contributed by atoms with Crippen molar-refractivity contribution in [3.63, 3.8) is 0 Å². The minimum atomic E-state index is 0.269. The van der Waals surface area contributed by atoms with Crippen molar-refractivity contribution in [1.29, 1.82) is 0 Å². The van der Waals surface area contributed by atoms with E-state index in [1.54, 1.807) is 0 Å². The lowest BCUT2D eigenvalue weighted by atomic mass is 9.99. The molecule has 1 saturated carbocycles. The Balaban J connectivity index is 2.01. The number of carbonyl (C=O) groups excluding carboxylic acids is 1. The highest BCUT2D eigenvalue weighted by atomic mass is 16.1. The minimum absolute atomic E-state index is 0.269. The molecule has 0 aromatic heterocycles. The summed E-state index contributed by atoms with van der Waals surface area (Å²) < 4.78 is 0. The van der Waals surface area contributed by atoms with Crippen LogP contribution in [0.3, 0.4) is 0 Å². The van der Waals surface area contributed by atoms with Gasteiger partial charge in [0.15, 0.2) is 0 Å². The molecule has 76 valence electrons. The van der Waals surface area contributed by atoms with Crippen LogP contribution in [0.2, 0.25) is 0 Å². The third-order valence-corrected chi connectivity index (χ3v) is 2.65. The van der Waals surface area contributed by atoms with E-state index in [1.807, 2.05) is 6.92 Å². The zero-order chi connectivity index (χ0) is 9.68. The topological polar surface area (TPSA) is 29.1 Å². The summed E-state index contributed by atoms with van der Waals surface area (Å²) in [5.41, 5.74) is 0. The third-order valence-electron chi connectivity index (χ3n) is 2.65. The Bertz CT molecular complexity index is 163. The number of rotatable bonds is 7. The number of nitrogens with one attached hydrogen (secondary N) is 1. The second-order valence-electron chi connectivity index (χ2n) is 4.13. The van der Waals surface area contributed by atoms with Gasteiger partial charge in [-0.2, -0.15) is 0 Å². The van der Waals surface area contributed by atoms with E-state index in [0.717, 1.165) is 31.8 Å². The summed E-state index contributed by atoms with van der Waals surface area (Å²) in [5, 5.41) is 3.36. The smallest absolute Gasteiger partial charge is 0.136 e. The standard InChI is InChI=1S/C11H21NO/c1-3-4-9(2)11(13)7-8-12-10-5-6-10/h9-10,12H,3-8H2,1-2H3. The molecule has 13 heavy (non-hydrogen) atoms. The summed E-state index contributed by atoms with van der Waals surface area (Å²) >= 11 is 0. The van der Waals surface area contributed by atoms with E-state index in [-0.39, 0.29) is 5.92 Å². The van der Waals surface area contributed by atoms with E-state index in [0.29, 0.717) is 5.78 Å². The van der Waals surface area contributed by atoms with Gasteiger partial charge in [-0.05, 0) is 19.3 Å². The van der Waals surface area contributed by atoms with Gasteiger partial charge in [0.2, 0.25) is 0 Å². The molecular weight excluding hydrogens is 162 g/mol. The first-order valence-corrected chi connectivity index (χ1v) is 5.50. The van der Waals surface area contributed by atoms with Crippen LogP contribution in [0.25, 0.3) is 0 Å². The van der Waals surface area contributed by atoms with E-state index >= 15 is 0 Å². The SMILES string of the molecule is CCCC(C)C(=O)CCNC1CC1. The van der Waals surface area contributed by atoms with Gasteiger partial charge in [-0.3, -0.25) is 4.79 Å². The van der Waals surface area contributed by atoms with Crippen molar-refractivity contribution in [2.75, 3.05) is 6.54 Å². The summed E-state index contributed by atoms with van der Waals surface area (Å²) in [6.07, 6.45) is 5.49. The number of carbonyl (C=O) groups is 1. The predicted octanol–water partition coefficient (Wildman–Crippen LogP) is 2.13. The first kappa shape index (κ1) is 10.7. The highest BCUT2D eigenvalue weighted by Crippen LogP contribution is 2.18. The van der Waals surface area contributed by atoms with Crippen LogP contribution in [-0.4, -0.2) is 18.4 Å². The van der Waals surface area contributed by atoms with Crippen LogP contribution in [0.4, 0.5) is 0 Å². The van der Waals surface area contributed by atoms with Gasteiger partial charge in [0, 0.05) is 24.9 Å². The van der Waals surface area contributed by atoms with Crippen molar-refractivity contribution >= 4 is 5.78 Å². The fourth-order valence-electron chi connectivity index (χ4n) is 1.53. The van der Waals surface area contributed by atoms with Gasteiger partial charge in [0.1, 0.15) is 5.78 Å². The zero-order valence-electron chi connectivity index (χ0n) is 8.81. The Morgan fingerprint density at radius 2 is 2.23 bits per heavy atom. The lowest BCUT2D eigenvalue weighted by molar-refractivity contribution is -0.122. The molecule has 0 heterocycles. The summed E-state index contributed by atoms with van der Waals surface area (Å²) in [4.78, 5) is 11.5. The molecular formula is C11H21NO. The molecule has 1 aliphatic rings. The van der Waals surface area contributed by atoms with Crippen LogP contribution >= 0.6 is 0 Å². The molecule has 0 aliphatic heterocycles. The van der Waals surface area contributed by atoms with Gasteiger partial charge < -0.3 is 5.32 Å². The van der Waals surface area contributed by atoms with Gasteiger partial charge in [-0.15, -0.1) is 0 Å². The molecule has 1 aliphatic carbocycles. The van der Waals surface area contributed by atoms with Crippen molar-refractivity contribution in [2.45, 2.75) is 52.0 Å². The summed E-state index contributed by atoms with van der Waals surface area (Å²) in [6.45, 7) is 5.06. The Hall–Kier alpha value is -0.370. The molecule has 1 N–H and O–H groups in total. The summed E-state index contributed by atoms with van der Waals surface area (Å²) in [5.74, 6) is 0.695. The Labute approximate surface area is 81.1 Å². The van der Waals surface area contributed by atoms with Crippen molar-refractivity contribution < 1.29 is 4.79 Å². The number of Topliss-reactive ketones (excluding diaryl/α,β-unsaturated/α-hetero) is 1. The molecule has 1 fully saturated rings. The van der Waals surface area contributed by atoms with Crippen LogP contribution in [0.1, 0.15) is 46.0 Å². The lowest BCUT2D eigenvalue weighted by Gasteiger charge is -2.08. The lowest BCUT2D eigenvalue weighted by Crippen LogP contribution is -2.22. The van der Waals surface area contributed by atoms with E-state index in [1.165, 1.54) is 12.8 Å². The normalized spacial score (nSPS) is 18.6. The van der Waals surface area contributed by atoms with Gasteiger partial charge in [0.05, 0.1) is 0 Å². The molecule has 2 nitrogen and oxygen atoms in total. The average molecular weight is 183 g/mol. The summed E-state index contributed by atoms with van der Waals surface area (Å²) in [7, 11) is 0. The fourth-order valence-corrected chi connectivity index (χ4v) is 1.53. The van der Waals surface area contributed by atoms with Crippen LogP contribution in [0, 0.1) is 5.92 Å². The van der Waals surface area contributed by atoms with Crippen molar-refractivity contribution in [3.8, 4) is 0 Å². The van der Waals surface area contributed by atoms with Crippen LogP contribution < -0.4 is 5.32 Å². The molecule has 1 atom stereocenters. The van der Waals surface area contributed by atoms with Crippen LogP contribution in [-0.2, 0) is 4.79 Å². The van der Waals surface area contributed by atoms with Crippen molar-refractivity contribution in [2.24, 2.45) is 5.92 Å². The van der Waals surface area contributed by atoms with E-state index in [9.17, 15) is 4.79 Å². The molecule has 1 unspecified atom stereocenters. The molecule has 0 bridgehead atoms. The van der Waals surface area contributed by atoms with E-state index < -0.39 is 0 Å². The maximum absolute atomic E-state index is 11.5. The largest absolute Gasteiger partial charge is 0.314 e. The number of hydrogen-bond donors (Lipinski definition) is 1. The molecule has 0 spiro atoms. The second kappa shape index (κ2) is 5.38. The number of ketones is 1. The van der Waals surface area contributed by atoms with E-state index in [2.05, 4.69) is 12.2 Å². The van der Waals surface area contributed by atoms with Crippen molar-refractivity contribution in [1.82, 2.24) is 5.32 Å². The zero-order valence-corrected chi connectivity index (χ0v) is 8.81. The highest BCUT2D eigenvalue weighted by molar-refractivity contribution is 5.80. The monoisotopic (exact) mass is 183 g/mol. The summed E-state index contributed by atoms with van der Waals surface area (Å²) in [6, 6.07) is 0.731. The maximum Gasteiger partial charge on any atom is 0.136 e. The average Bonchev–Trinajstić information content (AvgIpc) is 2.88. The fraction of sp³-hybridized carbons (Fsp3) is 0.909. The maximum atomic E-state index is 11.5.